The number of hydrogen-bond donors (Lipinski definition) is 1. The fraction of sp³-hybridized carbons (Fsp3) is 0.455. The molecule has 0 atom stereocenters. The van der Waals surface area contributed by atoms with Crippen molar-refractivity contribution in [2.45, 2.75) is 32.9 Å². The van der Waals surface area contributed by atoms with E-state index in [9.17, 15) is 4.39 Å². The van der Waals surface area contributed by atoms with E-state index in [0.29, 0.717) is 17.1 Å². The molecule has 0 saturated heterocycles. The highest BCUT2D eigenvalue weighted by molar-refractivity contribution is 6.31. The minimum atomic E-state index is -0.224. The summed E-state index contributed by atoms with van der Waals surface area (Å²) >= 11 is 5.90. The topological polar surface area (TPSA) is 16.6 Å². The molecular formula is C11H16ClFN+. The molecule has 3 heteroatoms. The SMILES string of the molecule is CC(C)(C)[NH2+]Cc1c(F)cccc1Cl. The van der Waals surface area contributed by atoms with E-state index < -0.39 is 0 Å². The molecule has 1 nitrogen and oxygen atoms in total. The molecule has 0 radical (unpaired) electrons. The van der Waals surface area contributed by atoms with Gasteiger partial charge in [0.05, 0.1) is 16.1 Å². The van der Waals surface area contributed by atoms with E-state index in [1.54, 1.807) is 12.1 Å². The summed E-state index contributed by atoms with van der Waals surface area (Å²) in [6, 6.07) is 4.78. The Morgan fingerprint density at radius 3 is 2.50 bits per heavy atom. The Labute approximate surface area is 89.3 Å². The summed E-state index contributed by atoms with van der Waals surface area (Å²) in [6.45, 7) is 6.83. The Morgan fingerprint density at radius 1 is 1.36 bits per heavy atom. The van der Waals surface area contributed by atoms with Crippen LogP contribution in [0.5, 0.6) is 0 Å². The first-order valence-corrected chi connectivity index (χ1v) is 5.05. The number of rotatable bonds is 2. The van der Waals surface area contributed by atoms with E-state index in [4.69, 9.17) is 11.6 Å². The van der Waals surface area contributed by atoms with Gasteiger partial charge in [-0.3, -0.25) is 0 Å². The highest BCUT2D eigenvalue weighted by Crippen LogP contribution is 2.17. The van der Waals surface area contributed by atoms with Crippen molar-refractivity contribution >= 4 is 11.6 Å². The van der Waals surface area contributed by atoms with Crippen LogP contribution in [0.4, 0.5) is 4.39 Å². The molecule has 0 aliphatic heterocycles. The fourth-order valence-corrected chi connectivity index (χ4v) is 1.38. The molecule has 1 aromatic rings. The number of nitrogens with two attached hydrogens (primary N) is 1. The molecule has 0 saturated carbocycles. The third-order valence-corrected chi connectivity index (χ3v) is 2.33. The molecular weight excluding hydrogens is 201 g/mol. The molecule has 2 N–H and O–H groups in total. The summed E-state index contributed by atoms with van der Waals surface area (Å²) in [4.78, 5) is 0. The molecule has 0 spiro atoms. The fourth-order valence-electron chi connectivity index (χ4n) is 1.14. The predicted octanol–water partition coefficient (Wildman–Crippen LogP) is 2.34. The van der Waals surface area contributed by atoms with Crippen LogP contribution in [0.1, 0.15) is 26.3 Å². The zero-order chi connectivity index (χ0) is 10.8. The molecule has 0 fully saturated rings. The number of benzene rings is 1. The van der Waals surface area contributed by atoms with E-state index in [1.807, 2.05) is 0 Å². The molecule has 0 bridgehead atoms. The van der Waals surface area contributed by atoms with Crippen molar-refractivity contribution in [2.75, 3.05) is 0 Å². The van der Waals surface area contributed by atoms with Gasteiger partial charge in [-0.2, -0.15) is 0 Å². The van der Waals surface area contributed by atoms with Gasteiger partial charge in [0.25, 0.3) is 0 Å². The van der Waals surface area contributed by atoms with Crippen LogP contribution >= 0.6 is 11.6 Å². The highest BCUT2D eigenvalue weighted by atomic mass is 35.5. The van der Waals surface area contributed by atoms with Gasteiger partial charge in [0.1, 0.15) is 12.4 Å². The van der Waals surface area contributed by atoms with Crippen LogP contribution in [0.15, 0.2) is 18.2 Å². The molecule has 1 rings (SSSR count). The Balaban J connectivity index is 2.77. The molecule has 0 aliphatic carbocycles. The lowest BCUT2D eigenvalue weighted by Crippen LogP contribution is -2.93. The van der Waals surface area contributed by atoms with Crippen LogP contribution in [0, 0.1) is 5.82 Å². The van der Waals surface area contributed by atoms with Gasteiger partial charge >= 0.3 is 0 Å². The Kier molecular flexibility index (Phi) is 3.51. The Hall–Kier alpha value is -0.600. The predicted molar refractivity (Wildman–Crippen MR) is 56.8 cm³/mol. The third kappa shape index (κ3) is 3.28. The standard InChI is InChI=1S/C11H15ClFN/c1-11(2,3)14-7-8-9(12)5-4-6-10(8)13/h4-6,14H,7H2,1-3H3/p+1. The average molecular weight is 217 g/mol. The Morgan fingerprint density at radius 2 is 2.00 bits per heavy atom. The quantitative estimate of drug-likeness (QED) is 0.782. The molecule has 0 amide bonds. The monoisotopic (exact) mass is 216 g/mol. The second-order valence-corrected chi connectivity index (χ2v) is 4.88. The van der Waals surface area contributed by atoms with E-state index in [1.165, 1.54) is 6.07 Å². The van der Waals surface area contributed by atoms with Crippen molar-refractivity contribution in [3.05, 3.63) is 34.6 Å². The normalized spacial score (nSPS) is 11.8. The van der Waals surface area contributed by atoms with Gasteiger partial charge in [-0.05, 0) is 32.9 Å². The van der Waals surface area contributed by atoms with Crippen molar-refractivity contribution < 1.29 is 9.71 Å². The molecule has 78 valence electrons. The van der Waals surface area contributed by atoms with Crippen molar-refractivity contribution in [3.8, 4) is 0 Å². The summed E-state index contributed by atoms with van der Waals surface area (Å²) in [6.07, 6.45) is 0. The minimum absolute atomic E-state index is 0.0889. The minimum Gasteiger partial charge on any atom is -0.338 e. The van der Waals surface area contributed by atoms with Gasteiger partial charge in [0.15, 0.2) is 0 Å². The first-order valence-electron chi connectivity index (χ1n) is 4.67. The van der Waals surface area contributed by atoms with Crippen LogP contribution in [-0.2, 0) is 6.54 Å². The zero-order valence-electron chi connectivity index (χ0n) is 8.77. The second kappa shape index (κ2) is 4.28. The number of quaternary nitrogens is 1. The van der Waals surface area contributed by atoms with Crippen molar-refractivity contribution in [1.82, 2.24) is 0 Å². The highest BCUT2D eigenvalue weighted by Gasteiger charge is 2.16. The molecule has 0 aromatic heterocycles. The van der Waals surface area contributed by atoms with Crippen LogP contribution in [0.3, 0.4) is 0 Å². The molecule has 1 aromatic carbocycles. The molecule has 0 heterocycles. The second-order valence-electron chi connectivity index (χ2n) is 4.47. The largest absolute Gasteiger partial charge is 0.338 e. The zero-order valence-corrected chi connectivity index (χ0v) is 9.53. The number of halogens is 2. The van der Waals surface area contributed by atoms with Crippen molar-refractivity contribution in [3.63, 3.8) is 0 Å². The van der Waals surface area contributed by atoms with E-state index >= 15 is 0 Å². The van der Waals surface area contributed by atoms with Crippen molar-refractivity contribution in [1.29, 1.82) is 0 Å². The maximum absolute atomic E-state index is 13.3. The van der Waals surface area contributed by atoms with Gasteiger partial charge in [-0.25, -0.2) is 4.39 Å². The van der Waals surface area contributed by atoms with Crippen LogP contribution in [0.2, 0.25) is 5.02 Å². The van der Waals surface area contributed by atoms with Gasteiger partial charge < -0.3 is 5.32 Å². The first-order chi connectivity index (χ1) is 6.40. The smallest absolute Gasteiger partial charge is 0.133 e. The molecule has 14 heavy (non-hydrogen) atoms. The number of hydrogen-bond acceptors (Lipinski definition) is 0. The van der Waals surface area contributed by atoms with E-state index in [-0.39, 0.29) is 11.4 Å². The summed E-state index contributed by atoms with van der Waals surface area (Å²) in [5, 5.41) is 2.57. The lowest BCUT2D eigenvalue weighted by molar-refractivity contribution is -0.731. The van der Waals surface area contributed by atoms with E-state index in [2.05, 4.69) is 26.1 Å². The summed E-state index contributed by atoms with van der Waals surface area (Å²) in [5.74, 6) is -0.224. The maximum atomic E-state index is 13.3. The van der Waals surface area contributed by atoms with Gasteiger partial charge in [0, 0.05) is 0 Å². The van der Waals surface area contributed by atoms with Crippen LogP contribution in [-0.4, -0.2) is 5.54 Å². The van der Waals surface area contributed by atoms with Crippen LogP contribution in [0.25, 0.3) is 0 Å². The summed E-state index contributed by atoms with van der Waals surface area (Å²) < 4.78 is 13.3. The van der Waals surface area contributed by atoms with Gasteiger partial charge in [-0.15, -0.1) is 0 Å². The average Bonchev–Trinajstić information content (AvgIpc) is 2.01. The van der Waals surface area contributed by atoms with Crippen molar-refractivity contribution in [2.24, 2.45) is 0 Å². The maximum Gasteiger partial charge on any atom is 0.133 e. The first kappa shape index (κ1) is 11.5. The lowest BCUT2D eigenvalue weighted by Gasteiger charge is -2.17. The summed E-state index contributed by atoms with van der Waals surface area (Å²) in [5.41, 5.74) is 0.676. The van der Waals surface area contributed by atoms with Gasteiger partial charge in [0.2, 0.25) is 0 Å². The van der Waals surface area contributed by atoms with Gasteiger partial charge in [-0.1, -0.05) is 17.7 Å². The van der Waals surface area contributed by atoms with E-state index in [0.717, 1.165) is 0 Å². The lowest BCUT2D eigenvalue weighted by atomic mass is 10.1. The Bertz CT molecular complexity index is 297. The van der Waals surface area contributed by atoms with Crippen LogP contribution < -0.4 is 5.32 Å². The summed E-state index contributed by atoms with van der Waals surface area (Å²) in [7, 11) is 0. The molecule has 0 aliphatic rings. The third-order valence-electron chi connectivity index (χ3n) is 1.98. The molecule has 0 unspecified atom stereocenters.